The third-order valence-corrected chi connectivity index (χ3v) is 3.96. The van der Waals surface area contributed by atoms with Gasteiger partial charge in [0.25, 0.3) is 5.91 Å². The van der Waals surface area contributed by atoms with Gasteiger partial charge in [0.15, 0.2) is 0 Å². The molecule has 0 bridgehead atoms. The zero-order valence-electron chi connectivity index (χ0n) is 11.2. The molecule has 0 aliphatic heterocycles. The van der Waals surface area contributed by atoms with Crippen LogP contribution < -0.4 is 5.32 Å². The van der Waals surface area contributed by atoms with Crippen LogP contribution in [0.2, 0.25) is 0 Å². The largest absolute Gasteiger partial charge is 0.345 e. The molecule has 1 amide bonds. The quantitative estimate of drug-likeness (QED) is 0.905. The van der Waals surface area contributed by atoms with Gasteiger partial charge in [0.05, 0.1) is 11.6 Å². The maximum absolute atomic E-state index is 12.1. The van der Waals surface area contributed by atoms with E-state index in [1.54, 1.807) is 23.7 Å². The van der Waals surface area contributed by atoms with Crippen LogP contribution in [0.15, 0.2) is 36.0 Å². The van der Waals surface area contributed by atoms with E-state index >= 15 is 0 Å². The number of aromatic nitrogens is 1. The number of thiophene rings is 1. The molecular formula is C15H18N2OS. The number of amides is 1. The van der Waals surface area contributed by atoms with Crippen molar-refractivity contribution in [2.24, 2.45) is 0 Å². The lowest BCUT2D eigenvalue weighted by Gasteiger charge is -2.13. The first kappa shape index (κ1) is 13.7. The van der Waals surface area contributed by atoms with Crippen LogP contribution in [0.25, 0.3) is 0 Å². The van der Waals surface area contributed by atoms with Crippen LogP contribution in [0.5, 0.6) is 0 Å². The van der Waals surface area contributed by atoms with Crippen LogP contribution in [-0.4, -0.2) is 10.9 Å². The van der Waals surface area contributed by atoms with E-state index in [0.717, 1.165) is 24.0 Å². The van der Waals surface area contributed by atoms with Crippen molar-refractivity contribution in [3.05, 3.63) is 52.0 Å². The predicted molar refractivity (Wildman–Crippen MR) is 78.4 cm³/mol. The van der Waals surface area contributed by atoms with Crippen LogP contribution in [0.4, 0.5) is 0 Å². The van der Waals surface area contributed by atoms with Gasteiger partial charge in [-0.1, -0.05) is 13.3 Å². The minimum Gasteiger partial charge on any atom is -0.345 e. The van der Waals surface area contributed by atoms with Crippen molar-refractivity contribution in [1.29, 1.82) is 0 Å². The highest BCUT2D eigenvalue weighted by Gasteiger charge is 2.12. The van der Waals surface area contributed by atoms with Crippen LogP contribution >= 0.6 is 11.3 Å². The standard InChI is InChI=1S/C15H18N2OS/c1-3-4-14-9-13(10-19-14)15(18)17-11(2)12-5-7-16-8-6-12/h5-11H,3-4H2,1-2H3,(H,17,18)/t11-/m1/s1. The van der Waals surface area contributed by atoms with Gasteiger partial charge in [-0.15, -0.1) is 11.3 Å². The van der Waals surface area contributed by atoms with Gasteiger partial charge in [0, 0.05) is 22.7 Å². The normalized spacial score (nSPS) is 12.1. The molecule has 0 unspecified atom stereocenters. The SMILES string of the molecule is CCCc1cc(C(=O)N[C@H](C)c2ccncc2)cs1. The maximum Gasteiger partial charge on any atom is 0.252 e. The minimum absolute atomic E-state index is 0.00924. The zero-order valence-corrected chi connectivity index (χ0v) is 12.0. The Kier molecular flexibility index (Phi) is 4.68. The fourth-order valence-electron chi connectivity index (χ4n) is 1.89. The molecule has 0 aliphatic rings. The first-order valence-corrected chi connectivity index (χ1v) is 7.37. The molecule has 0 saturated heterocycles. The Balaban J connectivity index is 2.00. The van der Waals surface area contributed by atoms with Crippen molar-refractivity contribution in [3.63, 3.8) is 0 Å². The molecule has 0 fully saturated rings. The Morgan fingerprint density at radius 2 is 2.16 bits per heavy atom. The Bertz CT molecular complexity index is 536. The fourth-order valence-corrected chi connectivity index (χ4v) is 2.86. The molecule has 0 aliphatic carbocycles. The number of nitrogens with zero attached hydrogens (tertiary/aromatic N) is 1. The van der Waals surface area contributed by atoms with Crippen molar-refractivity contribution in [3.8, 4) is 0 Å². The van der Waals surface area contributed by atoms with Crippen molar-refractivity contribution in [2.75, 3.05) is 0 Å². The van der Waals surface area contributed by atoms with Crippen LogP contribution in [-0.2, 0) is 6.42 Å². The third kappa shape index (κ3) is 3.64. The Labute approximate surface area is 117 Å². The summed E-state index contributed by atoms with van der Waals surface area (Å²) in [4.78, 5) is 17.4. The molecule has 100 valence electrons. The van der Waals surface area contributed by atoms with Gasteiger partial charge in [0.1, 0.15) is 0 Å². The van der Waals surface area contributed by atoms with Gasteiger partial charge in [-0.3, -0.25) is 9.78 Å². The number of nitrogens with one attached hydrogen (secondary N) is 1. The first-order valence-electron chi connectivity index (χ1n) is 6.49. The molecule has 2 aromatic heterocycles. The van der Waals surface area contributed by atoms with Gasteiger partial charge < -0.3 is 5.32 Å². The lowest BCUT2D eigenvalue weighted by atomic mass is 10.1. The van der Waals surface area contributed by atoms with E-state index in [2.05, 4.69) is 17.2 Å². The van der Waals surface area contributed by atoms with E-state index in [0.29, 0.717) is 0 Å². The molecule has 0 spiro atoms. The topological polar surface area (TPSA) is 42.0 Å². The first-order chi connectivity index (χ1) is 9.20. The van der Waals surface area contributed by atoms with Crippen molar-refractivity contribution in [2.45, 2.75) is 32.7 Å². The minimum atomic E-state index is -0.0112. The van der Waals surface area contributed by atoms with E-state index in [1.165, 1.54) is 4.88 Å². The number of carbonyl (C=O) groups is 1. The van der Waals surface area contributed by atoms with E-state index in [9.17, 15) is 4.79 Å². The summed E-state index contributed by atoms with van der Waals surface area (Å²) in [5, 5.41) is 4.94. The molecule has 0 saturated carbocycles. The molecule has 1 atom stereocenters. The molecule has 19 heavy (non-hydrogen) atoms. The maximum atomic E-state index is 12.1. The molecule has 0 radical (unpaired) electrons. The summed E-state index contributed by atoms with van der Waals surface area (Å²) in [7, 11) is 0. The Morgan fingerprint density at radius 3 is 2.84 bits per heavy atom. The molecular weight excluding hydrogens is 256 g/mol. The lowest BCUT2D eigenvalue weighted by molar-refractivity contribution is 0.0940. The van der Waals surface area contributed by atoms with Crippen molar-refractivity contribution < 1.29 is 4.79 Å². The number of aryl methyl sites for hydroxylation is 1. The summed E-state index contributed by atoms with van der Waals surface area (Å²) in [5.74, 6) is -0.0112. The van der Waals surface area contributed by atoms with E-state index in [1.807, 2.05) is 30.5 Å². The highest BCUT2D eigenvalue weighted by Crippen LogP contribution is 2.18. The third-order valence-electron chi connectivity index (χ3n) is 2.97. The molecule has 2 rings (SSSR count). The number of hydrogen-bond acceptors (Lipinski definition) is 3. The summed E-state index contributed by atoms with van der Waals surface area (Å²) in [6.45, 7) is 4.12. The number of pyridine rings is 1. The zero-order chi connectivity index (χ0) is 13.7. The number of carbonyl (C=O) groups excluding carboxylic acids is 1. The molecule has 1 N–H and O–H groups in total. The van der Waals surface area contributed by atoms with Crippen molar-refractivity contribution in [1.82, 2.24) is 10.3 Å². The average molecular weight is 274 g/mol. The number of rotatable bonds is 5. The van der Waals surface area contributed by atoms with E-state index < -0.39 is 0 Å². The molecule has 0 aromatic carbocycles. The van der Waals surface area contributed by atoms with Gasteiger partial charge in [-0.05, 0) is 37.1 Å². The molecule has 2 heterocycles. The van der Waals surface area contributed by atoms with Crippen LogP contribution in [0.1, 0.15) is 47.1 Å². The van der Waals surface area contributed by atoms with E-state index in [4.69, 9.17) is 0 Å². The molecule has 3 nitrogen and oxygen atoms in total. The van der Waals surface area contributed by atoms with Gasteiger partial charge in [-0.2, -0.15) is 0 Å². The highest BCUT2D eigenvalue weighted by molar-refractivity contribution is 7.10. The monoisotopic (exact) mass is 274 g/mol. The summed E-state index contributed by atoms with van der Waals surface area (Å²) in [5.41, 5.74) is 1.82. The van der Waals surface area contributed by atoms with E-state index in [-0.39, 0.29) is 11.9 Å². The second-order valence-electron chi connectivity index (χ2n) is 4.53. The van der Waals surface area contributed by atoms with Gasteiger partial charge in [0.2, 0.25) is 0 Å². The second-order valence-corrected chi connectivity index (χ2v) is 5.52. The van der Waals surface area contributed by atoms with Crippen molar-refractivity contribution >= 4 is 17.2 Å². The summed E-state index contributed by atoms with van der Waals surface area (Å²) in [6, 6.07) is 5.82. The number of hydrogen-bond donors (Lipinski definition) is 1. The average Bonchev–Trinajstić information content (AvgIpc) is 2.89. The fraction of sp³-hybridized carbons (Fsp3) is 0.333. The van der Waals surface area contributed by atoms with Gasteiger partial charge >= 0.3 is 0 Å². The highest BCUT2D eigenvalue weighted by atomic mass is 32.1. The smallest absolute Gasteiger partial charge is 0.252 e. The van der Waals surface area contributed by atoms with Crippen LogP contribution in [0, 0.1) is 0 Å². The lowest BCUT2D eigenvalue weighted by Crippen LogP contribution is -2.26. The van der Waals surface area contributed by atoms with Crippen LogP contribution in [0.3, 0.4) is 0 Å². The predicted octanol–water partition coefficient (Wildman–Crippen LogP) is 3.59. The summed E-state index contributed by atoms with van der Waals surface area (Å²) >= 11 is 1.65. The summed E-state index contributed by atoms with van der Waals surface area (Å²) in [6.07, 6.45) is 5.62. The van der Waals surface area contributed by atoms with Gasteiger partial charge in [-0.25, -0.2) is 0 Å². The Hall–Kier alpha value is -1.68. The molecule has 4 heteroatoms. The molecule has 2 aromatic rings. The summed E-state index contributed by atoms with van der Waals surface area (Å²) < 4.78 is 0. The Morgan fingerprint density at radius 1 is 1.42 bits per heavy atom. The second kappa shape index (κ2) is 6.48.